The van der Waals surface area contributed by atoms with Crippen LogP contribution in [-0.4, -0.2) is 69.5 Å². The van der Waals surface area contributed by atoms with Crippen molar-refractivity contribution in [1.82, 2.24) is 10.3 Å². The minimum absolute atomic E-state index is 0.525. The topological polar surface area (TPSA) is 86.2 Å². The van der Waals surface area contributed by atoms with Crippen molar-refractivity contribution in [2.75, 3.05) is 69.0 Å². The van der Waals surface area contributed by atoms with E-state index in [4.69, 9.17) is 23.3 Å². The fourth-order valence-corrected chi connectivity index (χ4v) is 4.78. The molecular weight excluding hydrogens is 520 g/mol. The van der Waals surface area contributed by atoms with Crippen LogP contribution >= 0.6 is 0 Å². The normalized spacial score (nSPS) is 13.6. The molecule has 1 aliphatic heterocycles. The van der Waals surface area contributed by atoms with Gasteiger partial charge in [-0.3, -0.25) is 0 Å². The monoisotopic (exact) mass is 560 g/mol. The lowest BCUT2D eigenvalue weighted by molar-refractivity contribution is 0.0370. The van der Waals surface area contributed by atoms with E-state index >= 15 is 0 Å². The largest absolute Gasteiger partial charge is 0.491 e. The third-order valence-corrected chi connectivity index (χ3v) is 7.18. The van der Waals surface area contributed by atoms with E-state index in [1.54, 1.807) is 0 Å². The zero-order chi connectivity index (χ0) is 28.3. The van der Waals surface area contributed by atoms with Gasteiger partial charge in [0.05, 0.1) is 32.1 Å². The lowest BCUT2D eigenvalue weighted by Crippen LogP contribution is -2.46. The van der Waals surface area contributed by atoms with Crippen LogP contribution in [0.2, 0.25) is 0 Å². The number of rotatable bonds is 15. The lowest BCUT2D eigenvalue weighted by Gasteiger charge is -2.36. The van der Waals surface area contributed by atoms with E-state index in [0.29, 0.717) is 33.0 Å². The molecule has 3 heterocycles. The Hall–Kier alpha value is -3.82. The second-order valence-electron chi connectivity index (χ2n) is 10.4. The number of ether oxygens (including phenoxy) is 3. The molecule has 0 unspecified atom stereocenters. The first-order chi connectivity index (χ1) is 20.1. The molecule has 5 rings (SSSR count). The minimum atomic E-state index is 0.525. The first kappa shape index (κ1) is 28.7. The Morgan fingerprint density at radius 3 is 2.12 bits per heavy atom. The summed E-state index contributed by atoms with van der Waals surface area (Å²) in [6, 6.07) is 20.9. The molecule has 0 spiro atoms. The molecule has 41 heavy (non-hydrogen) atoms. The van der Waals surface area contributed by atoms with E-state index in [1.165, 1.54) is 16.8 Å². The molecule has 0 radical (unpaired) electrons. The molecule has 0 atom stereocenters. The molecule has 2 aromatic heterocycles. The number of aromatic nitrogens is 2. The molecule has 9 nitrogen and oxygen atoms in total. The highest BCUT2D eigenvalue weighted by Crippen LogP contribution is 2.21. The number of anilines is 2. The number of hydrogen-bond donors (Lipinski definition) is 0. The van der Waals surface area contributed by atoms with Gasteiger partial charge in [0.15, 0.2) is 5.82 Å². The van der Waals surface area contributed by atoms with E-state index in [0.717, 1.165) is 74.2 Å². The van der Waals surface area contributed by atoms with Crippen LogP contribution in [0.5, 0.6) is 5.75 Å². The standard InChI is InChI=1S/C32H40N4O5/c1-25-3-10-30(11-4-25)39-22-21-38-20-19-37-18-13-28-24-31(41-33-28)12-7-27-5-8-29(9-6-27)35-14-16-36(17-15-35)32-23-26(2)40-34-32/h3-6,8-11,23-24H,7,12-22H2,1-2H3. The Balaban J connectivity index is 0.921. The molecule has 1 fully saturated rings. The SMILES string of the molecule is Cc1ccc(OCCOCCOCCc2cc(CCc3ccc(N4CCN(c5cc(C)on5)CC4)cc3)on2)cc1. The van der Waals surface area contributed by atoms with Crippen molar-refractivity contribution in [2.24, 2.45) is 0 Å². The van der Waals surface area contributed by atoms with Crippen LogP contribution in [0.4, 0.5) is 11.5 Å². The summed E-state index contributed by atoms with van der Waals surface area (Å²) in [4.78, 5) is 4.70. The first-order valence-electron chi connectivity index (χ1n) is 14.4. The zero-order valence-corrected chi connectivity index (χ0v) is 24.1. The van der Waals surface area contributed by atoms with Crippen LogP contribution in [0.15, 0.2) is 69.7 Å². The van der Waals surface area contributed by atoms with Gasteiger partial charge in [0.2, 0.25) is 0 Å². The molecule has 0 N–H and O–H groups in total. The van der Waals surface area contributed by atoms with Crippen LogP contribution < -0.4 is 14.5 Å². The fourth-order valence-electron chi connectivity index (χ4n) is 4.78. The number of nitrogens with zero attached hydrogens (tertiary/aromatic N) is 4. The zero-order valence-electron chi connectivity index (χ0n) is 24.1. The molecule has 1 aliphatic rings. The Bertz CT molecular complexity index is 1310. The number of benzene rings is 2. The number of aryl methyl sites for hydroxylation is 4. The maximum Gasteiger partial charge on any atom is 0.172 e. The summed E-state index contributed by atoms with van der Waals surface area (Å²) in [7, 11) is 0. The van der Waals surface area contributed by atoms with Crippen LogP contribution in [0.25, 0.3) is 0 Å². The van der Waals surface area contributed by atoms with Crippen molar-refractivity contribution >= 4 is 11.5 Å². The van der Waals surface area contributed by atoms with E-state index in [1.807, 2.05) is 43.3 Å². The number of piperazine rings is 1. The molecule has 4 aromatic rings. The Kier molecular flexibility index (Phi) is 10.3. The van der Waals surface area contributed by atoms with Gasteiger partial charge >= 0.3 is 0 Å². The van der Waals surface area contributed by atoms with Crippen LogP contribution in [0.1, 0.15) is 28.3 Å². The van der Waals surface area contributed by atoms with Crippen LogP contribution in [0.3, 0.4) is 0 Å². The van der Waals surface area contributed by atoms with Crippen molar-refractivity contribution < 1.29 is 23.3 Å². The molecule has 0 aliphatic carbocycles. The van der Waals surface area contributed by atoms with E-state index in [2.05, 4.69) is 51.3 Å². The van der Waals surface area contributed by atoms with Crippen molar-refractivity contribution in [1.29, 1.82) is 0 Å². The summed E-state index contributed by atoms with van der Waals surface area (Å²) in [5.41, 5.74) is 4.68. The van der Waals surface area contributed by atoms with Crippen LogP contribution in [0, 0.1) is 13.8 Å². The van der Waals surface area contributed by atoms with Crippen LogP contribution in [-0.2, 0) is 28.7 Å². The summed E-state index contributed by atoms with van der Waals surface area (Å²) in [6.45, 7) is 10.5. The highest BCUT2D eigenvalue weighted by atomic mass is 16.5. The number of hydrogen-bond acceptors (Lipinski definition) is 9. The summed E-state index contributed by atoms with van der Waals surface area (Å²) >= 11 is 0. The molecule has 1 saturated heterocycles. The summed E-state index contributed by atoms with van der Waals surface area (Å²) in [6.07, 6.45) is 2.45. The Morgan fingerprint density at radius 1 is 0.683 bits per heavy atom. The van der Waals surface area contributed by atoms with Gasteiger partial charge in [-0.05, 0) is 50.1 Å². The molecule has 0 bridgehead atoms. The van der Waals surface area contributed by atoms with Gasteiger partial charge in [0.25, 0.3) is 0 Å². The highest BCUT2D eigenvalue weighted by molar-refractivity contribution is 5.50. The Labute approximate surface area is 241 Å². The van der Waals surface area contributed by atoms with Gasteiger partial charge in [-0.1, -0.05) is 40.1 Å². The first-order valence-corrected chi connectivity index (χ1v) is 14.4. The summed E-state index contributed by atoms with van der Waals surface area (Å²) < 4.78 is 27.7. The maximum atomic E-state index is 5.68. The molecule has 2 aromatic carbocycles. The average molecular weight is 561 g/mol. The Morgan fingerprint density at radius 2 is 1.39 bits per heavy atom. The molecular formula is C32H40N4O5. The third kappa shape index (κ3) is 8.83. The molecule has 0 saturated carbocycles. The predicted octanol–water partition coefficient (Wildman–Crippen LogP) is 5.05. The van der Waals surface area contributed by atoms with Gasteiger partial charge < -0.3 is 33.1 Å². The van der Waals surface area contributed by atoms with Crippen molar-refractivity contribution in [2.45, 2.75) is 33.1 Å². The predicted molar refractivity (Wildman–Crippen MR) is 158 cm³/mol. The van der Waals surface area contributed by atoms with Gasteiger partial charge in [-0.2, -0.15) is 0 Å². The van der Waals surface area contributed by atoms with Gasteiger partial charge in [-0.25, -0.2) is 0 Å². The van der Waals surface area contributed by atoms with Gasteiger partial charge in [0, 0.05) is 56.8 Å². The van der Waals surface area contributed by atoms with Crippen molar-refractivity contribution in [3.05, 3.63) is 89.0 Å². The molecule has 0 amide bonds. The maximum absolute atomic E-state index is 5.68. The van der Waals surface area contributed by atoms with Gasteiger partial charge in [-0.15, -0.1) is 0 Å². The second-order valence-corrected chi connectivity index (χ2v) is 10.4. The molecule has 218 valence electrons. The minimum Gasteiger partial charge on any atom is -0.491 e. The highest BCUT2D eigenvalue weighted by Gasteiger charge is 2.19. The summed E-state index contributed by atoms with van der Waals surface area (Å²) in [5, 5.41) is 8.35. The third-order valence-electron chi connectivity index (χ3n) is 7.18. The van der Waals surface area contributed by atoms with Crippen molar-refractivity contribution in [3.63, 3.8) is 0 Å². The lowest BCUT2D eigenvalue weighted by atomic mass is 10.1. The second kappa shape index (κ2) is 14.7. The molecule has 9 heteroatoms. The van der Waals surface area contributed by atoms with Gasteiger partial charge in [0.1, 0.15) is 23.9 Å². The smallest absolute Gasteiger partial charge is 0.172 e. The van der Waals surface area contributed by atoms with E-state index in [9.17, 15) is 0 Å². The quantitative estimate of drug-likeness (QED) is 0.186. The summed E-state index contributed by atoms with van der Waals surface area (Å²) in [5.74, 6) is 3.55. The van der Waals surface area contributed by atoms with E-state index in [-0.39, 0.29) is 0 Å². The van der Waals surface area contributed by atoms with E-state index < -0.39 is 0 Å². The fraction of sp³-hybridized carbons (Fsp3) is 0.438. The van der Waals surface area contributed by atoms with Crippen molar-refractivity contribution in [3.8, 4) is 5.75 Å². The average Bonchev–Trinajstić information content (AvgIpc) is 3.65.